The fourth-order valence-electron chi connectivity index (χ4n) is 9.89. The third kappa shape index (κ3) is 8.68. The number of aromatic amines is 1. The Kier molecular flexibility index (Phi) is 10.8. The highest BCUT2D eigenvalue weighted by atomic mass is 32.3. The summed E-state index contributed by atoms with van der Waals surface area (Å²) >= 11 is 0. The van der Waals surface area contributed by atoms with E-state index < -0.39 is 137 Å². The molecule has 0 bridgehead atoms. The molecule has 3 aliphatic rings. The van der Waals surface area contributed by atoms with Crippen molar-refractivity contribution in [2.45, 2.75) is 18.9 Å². The molecule has 0 radical (unpaired) electrons. The zero-order chi connectivity index (χ0) is 53.0. The number of aromatic nitrogens is 1. The van der Waals surface area contributed by atoms with Gasteiger partial charge in [0.15, 0.2) is 23.0 Å². The van der Waals surface area contributed by atoms with E-state index in [0.29, 0.717) is 16.2 Å². The molecular weight excluding hydrogens is 1110 g/mol. The number of fused-ring (bicyclic) bond motifs is 17. The highest BCUT2D eigenvalue weighted by Crippen LogP contribution is 2.58. The summed E-state index contributed by atoms with van der Waals surface area (Å²) in [7, 11) is -32.9. The van der Waals surface area contributed by atoms with Crippen LogP contribution in [0.15, 0.2) is 83.9 Å². The topological polar surface area (TPSA) is 410 Å². The van der Waals surface area contributed by atoms with Gasteiger partial charge in [0, 0.05) is 61.0 Å². The van der Waals surface area contributed by atoms with Gasteiger partial charge in [0.25, 0.3) is 0 Å². The zero-order valence-electron chi connectivity index (χ0n) is 36.0. The monoisotopic (exact) mass is 1130 g/mol. The standard InChI is InChI=1S/C42H26N2O24S6/c45-69(46,47)63-20-11-9-17-15-26-18(13-19(17)14-20)10-12-25-29-32-31-28(64-70(48,49)50)16-27-30(40(66-72(54,55)56)22-6-2-1-5-21(22)39(27)65-71(51,52)53)37(31)44-38(32)34-33(36(29)43-35(25)26)41(67-73(57,58)59)23-7-3-4-8-24(23)42(34)68-74(60,61)62/h1-7,9-15,28,44H,8,16H2,(H,45,46,47)(H,48,49,50)(H,51,52,53)(H,54,55,56)(H,57,58,59)(H,60,61,62). The minimum atomic E-state index is -5.63. The van der Waals surface area contributed by atoms with Gasteiger partial charge in [0.2, 0.25) is 0 Å². The summed E-state index contributed by atoms with van der Waals surface area (Å²) in [5.41, 5.74) is -2.71. The number of H-pyrrole nitrogens is 1. The van der Waals surface area contributed by atoms with E-state index in [9.17, 15) is 77.8 Å². The molecule has 0 saturated heterocycles. The van der Waals surface area contributed by atoms with E-state index in [2.05, 4.69) is 9.17 Å². The molecule has 8 aromatic rings. The molecule has 0 amide bonds. The number of allylic oxidation sites excluding steroid dienone is 2. The fourth-order valence-corrected chi connectivity index (χ4v) is 12.3. The lowest BCUT2D eigenvalue weighted by Crippen LogP contribution is -2.24. The van der Waals surface area contributed by atoms with E-state index in [0.717, 1.165) is 6.07 Å². The molecule has 11 rings (SSSR count). The third-order valence-electron chi connectivity index (χ3n) is 12.1. The van der Waals surface area contributed by atoms with Gasteiger partial charge in [-0.05, 0) is 46.8 Å². The van der Waals surface area contributed by atoms with Gasteiger partial charge in [-0.25, -0.2) is 9.18 Å². The van der Waals surface area contributed by atoms with E-state index >= 15 is 0 Å². The smallest absolute Gasteiger partial charge is 0.362 e. The average Bonchev–Trinajstić information content (AvgIpc) is 3.85. The lowest BCUT2D eigenvalue weighted by atomic mass is 9.82. The highest BCUT2D eigenvalue weighted by molar-refractivity contribution is 7.82. The summed E-state index contributed by atoms with van der Waals surface area (Å²) < 4.78 is 243. The summed E-state index contributed by atoms with van der Waals surface area (Å²) in [4.78, 5) is 7.87. The van der Waals surface area contributed by atoms with Gasteiger partial charge in [-0.2, -0.15) is 50.5 Å². The molecule has 2 heterocycles. The fraction of sp³-hybridized carbons (Fsp3) is 0.0714. The van der Waals surface area contributed by atoms with Crippen LogP contribution in [0.4, 0.5) is 5.69 Å². The molecule has 32 heteroatoms. The van der Waals surface area contributed by atoms with Gasteiger partial charge < -0.3 is 25.9 Å². The normalized spacial score (nSPS) is 15.5. The van der Waals surface area contributed by atoms with Crippen LogP contribution in [-0.4, -0.2) is 82.8 Å². The van der Waals surface area contributed by atoms with Crippen LogP contribution < -0.4 is 31.5 Å². The van der Waals surface area contributed by atoms with Crippen LogP contribution in [0.1, 0.15) is 22.8 Å². The Labute approximate surface area is 415 Å². The molecule has 0 spiro atoms. The van der Waals surface area contributed by atoms with Crippen molar-refractivity contribution in [3.8, 4) is 51.1 Å². The second-order valence-electron chi connectivity index (χ2n) is 16.5. The maximum atomic E-state index is 12.9. The van der Waals surface area contributed by atoms with Crippen LogP contribution in [0.5, 0.6) is 28.7 Å². The minimum Gasteiger partial charge on any atom is -0.362 e. The van der Waals surface area contributed by atoms with Gasteiger partial charge in [-0.1, -0.05) is 60.7 Å². The lowest BCUT2D eigenvalue weighted by Gasteiger charge is -2.28. The Morgan fingerprint density at radius 2 is 1.15 bits per heavy atom. The molecular formula is C42H26N2O24S6. The van der Waals surface area contributed by atoms with E-state index in [4.69, 9.17) is 25.9 Å². The van der Waals surface area contributed by atoms with Crippen LogP contribution in [0.25, 0.3) is 82.5 Å². The molecule has 1 aromatic heterocycles. The van der Waals surface area contributed by atoms with Gasteiger partial charge >= 0.3 is 62.4 Å². The van der Waals surface area contributed by atoms with Crippen molar-refractivity contribution in [1.82, 2.24) is 4.98 Å². The summed E-state index contributed by atoms with van der Waals surface area (Å²) in [5.74, 6) is -3.38. The molecule has 0 fully saturated rings. The maximum Gasteiger partial charge on any atom is 0.446 e. The van der Waals surface area contributed by atoms with Gasteiger partial charge in [-0.15, -0.1) is 0 Å². The van der Waals surface area contributed by atoms with Crippen molar-refractivity contribution in [1.29, 1.82) is 0 Å². The Bertz CT molecular complexity index is 4840. The Balaban J connectivity index is 1.40. The van der Waals surface area contributed by atoms with Crippen molar-refractivity contribution in [2.24, 2.45) is 4.99 Å². The number of nitrogens with zero attached hydrogens (tertiary/aromatic N) is 1. The van der Waals surface area contributed by atoms with Crippen LogP contribution in [0, 0.1) is 0 Å². The zero-order valence-corrected chi connectivity index (χ0v) is 40.9. The predicted octanol–water partition coefficient (Wildman–Crippen LogP) is 4.60. The summed E-state index contributed by atoms with van der Waals surface area (Å²) in [6.45, 7) is 0. The molecule has 384 valence electrons. The first-order valence-electron chi connectivity index (χ1n) is 20.4. The molecule has 7 aromatic carbocycles. The molecule has 26 nitrogen and oxygen atoms in total. The summed E-state index contributed by atoms with van der Waals surface area (Å²) in [6.07, 6.45) is 0.702. The van der Waals surface area contributed by atoms with Crippen LogP contribution in [0.3, 0.4) is 0 Å². The van der Waals surface area contributed by atoms with E-state index in [1.807, 2.05) is 0 Å². The Morgan fingerprint density at radius 3 is 1.80 bits per heavy atom. The van der Waals surface area contributed by atoms with Crippen LogP contribution in [0.2, 0.25) is 0 Å². The van der Waals surface area contributed by atoms with Crippen LogP contribution >= 0.6 is 0 Å². The number of benzene rings is 7. The quantitative estimate of drug-likeness (QED) is 0.0649. The molecule has 2 aliphatic carbocycles. The van der Waals surface area contributed by atoms with E-state index in [-0.39, 0.29) is 66.7 Å². The van der Waals surface area contributed by atoms with Crippen molar-refractivity contribution < 1.29 is 103 Å². The largest absolute Gasteiger partial charge is 0.446 e. The first-order chi connectivity index (χ1) is 34.4. The minimum absolute atomic E-state index is 0.0340. The van der Waals surface area contributed by atoms with Gasteiger partial charge in [0.05, 0.1) is 38.6 Å². The second-order valence-corrected chi connectivity index (χ2v) is 22.6. The third-order valence-corrected chi connectivity index (χ3v) is 14.5. The SMILES string of the molecule is O=S(=O)(O)Oc1ccc2cc3c4c(ccc3cc2c1)-c1c(c2c(OS(=O)(=O)O)c3c(c(OS(=O)(=O)O)c2c2[nH]c5c(c12)C(OS(=O)(=O)O)Cc1c-5c(OS(=O)(=O)O)c2ccccc2c1OS(=O)(=O)O)CC=CC=3)=N4. The van der Waals surface area contributed by atoms with Crippen molar-refractivity contribution >= 4 is 128 Å². The summed E-state index contributed by atoms with van der Waals surface area (Å²) in [5, 5.41) is -1.18. The Morgan fingerprint density at radius 1 is 0.541 bits per heavy atom. The van der Waals surface area contributed by atoms with Gasteiger partial charge in [0.1, 0.15) is 11.9 Å². The number of rotatable bonds is 12. The number of hydrogen-bond acceptors (Lipinski definition) is 19. The summed E-state index contributed by atoms with van der Waals surface area (Å²) in [6, 6.07) is 15.0. The Hall–Kier alpha value is -7.05. The first-order valence-corrected chi connectivity index (χ1v) is 28.6. The van der Waals surface area contributed by atoms with E-state index in [1.165, 1.54) is 66.8 Å². The molecule has 0 saturated carbocycles. The van der Waals surface area contributed by atoms with Crippen molar-refractivity contribution in [2.75, 3.05) is 0 Å². The molecule has 1 aliphatic heterocycles. The molecule has 7 N–H and O–H groups in total. The van der Waals surface area contributed by atoms with Gasteiger partial charge in [-0.3, -0.25) is 27.3 Å². The number of hydrogen-bond donors (Lipinski definition) is 7. The second kappa shape index (κ2) is 16.2. The van der Waals surface area contributed by atoms with E-state index in [1.54, 1.807) is 12.1 Å². The number of nitrogens with one attached hydrogen (secondary N) is 1. The molecule has 1 atom stereocenters. The highest BCUT2D eigenvalue weighted by Gasteiger charge is 2.42. The lowest BCUT2D eigenvalue weighted by molar-refractivity contribution is 0.183. The van der Waals surface area contributed by atoms with Crippen molar-refractivity contribution in [3.05, 3.63) is 106 Å². The predicted molar refractivity (Wildman–Crippen MR) is 257 cm³/mol. The molecule has 1 unspecified atom stereocenters. The van der Waals surface area contributed by atoms with Crippen molar-refractivity contribution in [3.63, 3.8) is 0 Å². The first kappa shape index (κ1) is 49.2. The maximum absolute atomic E-state index is 12.9. The molecule has 74 heavy (non-hydrogen) atoms. The average molecular weight is 1140 g/mol. The van der Waals surface area contributed by atoms with Crippen LogP contribution in [-0.2, 0) is 79.4 Å².